The van der Waals surface area contributed by atoms with Crippen molar-refractivity contribution in [3.05, 3.63) is 29.8 Å². The molecular formula is C13H20N2O. The van der Waals surface area contributed by atoms with Gasteiger partial charge < -0.3 is 10.6 Å². The van der Waals surface area contributed by atoms with Gasteiger partial charge in [-0.3, -0.25) is 4.79 Å². The lowest BCUT2D eigenvalue weighted by molar-refractivity contribution is -0.118. The van der Waals surface area contributed by atoms with E-state index in [1.165, 1.54) is 5.56 Å². The van der Waals surface area contributed by atoms with Crippen molar-refractivity contribution in [1.82, 2.24) is 0 Å². The van der Waals surface area contributed by atoms with E-state index in [0.717, 1.165) is 18.7 Å². The lowest BCUT2D eigenvalue weighted by Gasteiger charge is -2.30. The van der Waals surface area contributed by atoms with E-state index in [9.17, 15) is 4.79 Å². The van der Waals surface area contributed by atoms with Crippen LogP contribution >= 0.6 is 0 Å². The molecule has 3 heteroatoms. The standard InChI is InChI=1S/C13H20N2O/c1-4-9-15(11(3)13(14)16)12-8-6-5-7-10(12)2/h5-8,11H,4,9H2,1-3H3,(H2,14,16). The van der Waals surface area contributed by atoms with Crippen LogP contribution in [0.2, 0.25) is 0 Å². The topological polar surface area (TPSA) is 46.3 Å². The zero-order chi connectivity index (χ0) is 12.1. The first-order chi connectivity index (χ1) is 7.57. The molecule has 0 heterocycles. The number of nitrogens with two attached hydrogens (primary N) is 1. The number of amides is 1. The number of anilines is 1. The largest absolute Gasteiger partial charge is 0.368 e. The van der Waals surface area contributed by atoms with Crippen molar-refractivity contribution in [1.29, 1.82) is 0 Å². The second-order valence-corrected chi connectivity index (χ2v) is 4.06. The molecule has 0 aliphatic heterocycles. The first-order valence-corrected chi connectivity index (χ1v) is 5.69. The van der Waals surface area contributed by atoms with Crippen LogP contribution in [-0.4, -0.2) is 18.5 Å². The van der Waals surface area contributed by atoms with E-state index in [1.807, 2.05) is 38.1 Å². The summed E-state index contributed by atoms with van der Waals surface area (Å²) >= 11 is 0. The average molecular weight is 220 g/mol. The minimum atomic E-state index is -0.281. The third kappa shape index (κ3) is 2.75. The SMILES string of the molecule is CCCN(c1ccccc1C)C(C)C(N)=O. The predicted molar refractivity (Wildman–Crippen MR) is 67.5 cm³/mol. The summed E-state index contributed by atoms with van der Waals surface area (Å²) in [5.74, 6) is -0.281. The molecule has 0 bridgehead atoms. The van der Waals surface area contributed by atoms with Crippen molar-refractivity contribution in [2.45, 2.75) is 33.2 Å². The molecule has 1 aromatic rings. The highest BCUT2D eigenvalue weighted by Gasteiger charge is 2.19. The van der Waals surface area contributed by atoms with E-state index >= 15 is 0 Å². The summed E-state index contributed by atoms with van der Waals surface area (Å²) in [6.45, 7) is 6.84. The number of hydrogen-bond donors (Lipinski definition) is 1. The number of hydrogen-bond acceptors (Lipinski definition) is 2. The molecule has 3 nitrogen and oxygen atoms in total. The Kier molecular flexibility index (Phi) is 4.35. The molecule has 0 aromatic heterocycles. The minimum absolute atomic E-state index is 0.263. The molecule has 1 atom stereocenters. The molecular weight excluding hydrogens is 200 g/mol. The Hall–Kier alpha value is -1.51. The molecule has 0 fully saturated rings. The fourth-order valence-corrected chi connectivity index (χ4v) is 1.80. The molecule has 1 aromatic carbocycles. The molecule has 0 radical (unpaired) electrons. The van der Waals surface area contributed by atoms with E-state index in [-0.39, 0.29) is 11.9 Å². The zero-order valence-electron chi connectivity index (χ0n) is 10.2. The van der Waals surface area contributed by atoms with Crippen molar-refractivity contribution in [3.63, 3.8) is 0 Å². The van der Waals surface area contributed by atoms with Crippen LogP contribution in [-0.2, 0) is 4.79 Å². The number of rotatable bonds is 5. The molecule has 1 rings (SSSR count). The fourth-order valence-electron chi connectivity index (χ4n) is 1.80. The van der Waals surface area contributed by atoms with Gasteiger partial charge in [0.1, 0.15) is 6.04 Å². The van der Waals surface area contributed by atoms with Crippen LogP contribution < -0.4 is 10.6 Å². The first-order valence-electron chi connectivity index (χ1n) is 5.69. The smallest absolute Gasteiger partial charge is 0.239 e. The van der Waals surface area contributed by atoms with Crippen LogP contribution in [0, 0.1) is 6.92 Å². The first kappa shape index (κ1) is 12.6. The number of benzene rings is 1. The summed E-state index contributed by atoms with van der Waals surface area (Å²) < 4.78 is 0. The number of carbonyl (C=O) groups is 1. The van der Waals surface area contributed by atoms with Crippen LogP contribution in [0.3, 0.4) is 0 Å². The summed E-state index contributed by atoms with van der Waals surface area (Å²) in [4.78, 5) is 13.3. The van der Waals surface area contributed by atoms with Gasteiger partial charge in [-0.2, -0.15) is 0 Å². The molecule has 16 heavy (non-hydrogen) atoms. The van der Waals surface area contributed by atoms with Crippen LogP contribution in [0.15, 0.2) is 24.3 Å². The Morgan fingerprint density at radius 1 is 1.44 bits per heavy atom. The van der Waals surface area contributed by atoms with Crippen LogP contribution in [0.25, 0.3) is 0 Å². The lowest BCUT2D eigenvalue weighted by Crippen LogP contribution is -2.43. The van der Waals surface area contributed by atoms with Gasteiger partial charge in [0, 0.05) is 12.2 Å². The Balaban J connectivity index is 3.02. The average Bonchev–Trinajstić information content (AvgIpc) is 2.26. The van der Waals surface area contributed by atoms with Crippen LogP contribution in [0.4, 0.5) is 5.69 Å². The Morgan fingerprint density at radius 2 is 2.06 bits per heavy atom. The molecule has 2 N–H and O–H groups in total. The van der Waals surface area contributed by atoms with Crippen LogP contribution in [0.1, 0.15) is 25.8 Å². The fraction of sp³-hybridized carbons (Fsp3) is 0.462. The second-order valence-electron chi connectivity index (χ2n) is 4.06. The molecule has 0 saturated heterocycles. The van der Waals surface area contributed by atoms with Gasteiger partial charge in [0.2, 0.25) is 5.91 Å². The van der Waals surface area contributed by atoms with Gasteiger partial charge in [-0.1, -0.05) is 25.1 Å². The van der Waals surface area contributed by atoms with Crippen molar-refractivity contribution < 1.29 is 4.79 Å². The van der Waals surface area contributed by atoms with Crippen molar-refractivity contribution in [3.8, 4) is 0 Å². The highest BCUT2D eigenvalue weighted by atomic mass is 16.1. The summed E-state index contributed by atoms with van der Waals surface area (Å²) in [6.07, 6.45) is 0.992. The monoisotopic (exact) mass is 220 g/mol. The molecule has 0 spiro atoms. The molecule has 0 aliphatic carbocycles. The van der Waals surface area contributed by atoms with Gasteiger partial charge in [0.25, 0.3) is 0 Å². The van der Waals surface area contributed by atoms with E-state index in [4.69, 9.17) is 5.73 Å². The zero-order valence-corrected chi connectivity index (χ0v) is 10.2. The van der Waals surface area contributed by atoms with Gasteiger partial charge in [-0.15, -0.1) is 0 Å². The predicted octanol–water partition coefficient (Wildman–Crippen LogP) is 2.09. The Morgan fingerprint density at radius 3 is 2.56 bits per heavy atom. The molecule has 88 valence electrons. The van der Waals surface area contributed by atoms with Crippen LogP contribution in [0.5, 0.6) is 0 Å². The van der Waals surface area contributed by atoms with Gasteiger partial charge in [-0.05, 0) is 31.9 Å². The third-order valence-electron chi connectivity index (χ3n) is 2.77. The van der Waals surface area contributed by atoms with Crippen molar-refractivity contribution in [2.75, 3.05) is 11.4 Å². The molecule has 1 amide bonds. The van der Waals surface area contributed by atoms with E-state index in [2.05, 4.69) is 11.8 Å². The summed E-state index contributed by atoms with van der Waals surface area (Å²) in [6, 6.07) is 7.80. The second kappa shape index (κ2) is 5.54. The van der Waals surface area contributed by atoms with Crippen molar-refractivity contribution >= 4 is 11.6 Å². The van der Waals surface area contributed by atoms with Gasteiger partial charge in [0.15, 0.2) is 0 Å². The highest BCUT2D eigenvalue weighted by Crippen LogP contribution is 2.21. The summed E-state index contributed by atoms with van der Waals surface area (Å²) in [7, 11) is 0. The van der Waals surface area contributed by atoms with Gasteiger partial charge in [-0.25, -0.2) is 0 Å². The number of aryl methyl sites for hydroxylation is 1. The number of carbonyl (C=O) groups excluding carboxylic acids is 1. The minimum Gasteiger partial charge on any atom is -0.368 e. The third-order valence-corrected chi connectivity index (χ3v) is 2.77. The van der Waals surface area contributed by atoms with Gasteiger partial charge >= 0.3 is 0 Å². The van der Waals surface area contributed by atoms with Crippen molar-refractivity contribution in [2.24, 2.45) is 5.73 Å². The number of primary amides is 1. The summed E-state index contributed by atoms with van der Waals surface area (Å²) in [5, 5.41) is 0. The maximum atomic E-state index is 11.3. The number of nitrogens with zero attached hydrogens (tertiary/aromatic N) is 1. The molecule has 0 saturated carbocycles. The van der Waals surface area contributed by atoms with E-state index in [1.54, 1.807) is 0 Å². The Bertz CT molecular complexity index is 363. The summed E-state index contributed by atoms with van der Waals surface area (Å²) in [5.41, 5.74) is 7.64. The lowest BCUT2D eigenvalue weighted by atomic mass is 10.1. The quantitative estimate of drug-likeness (QED) is 0.826. The van der Waals surface area contributed by atoms with E-state index < -0.39 is 0 Å². The normalized spacial score (nSPS) is 12.2. The molecule has 0 aliphatic rings. The molecule has 1 unspecified atom stereocenters. The van der Waals surface area contributed by atoms with Gasteiger partial charge in [0.05, 0.1) is 0 Å². The number of para-hydroxylation sites is 1. The van der Waals surface area contributed by atoms with E-state index in [0.29, 0.717) is 0 Å². The maximum Gasteiger partial charge on any atom is 0.239 e. The highest BCUT2D eigenvalue weighted by molar-refractivity contribution is 5.83. The Labute approximate surface area is 97.2 Å². The maximum absolute atomic E-state index is 11.3.